The van der Waals surface area contributed by atoms with Crippen molar-refractivity contribution in [2.45, 2.75) is 13.8 Å². The van der Waals surface area contributed by atoms with Gasteiger partial charge < -0.3 is 15.0 Å². The van der Waals surface area contributed by atoms with Gasteiger partial charge in [0.05, 0.1) is 5.69 Å². The summed E-state index contributed by atoms with van der Waals surface area (Å²) in [4.78, 5) is 40.5. The van der Waals surface area contributed by atoms with Gasteiger partial charge in [-0.3, -0.25) is 19.3 Å². The molecule has 1 N–H and O–H groups in total. The first-order valence-electron chi connectivity index (χ1n) is 9.34. The van der Waals surface area contributed by atoms with Crippen LogP contribution in [-0.2, 0) is 9.59 Å². The number of nitrogens with zero attached hydrogens (tertiary/aromatic N) is 2. The number of rotatable bonds is 6. The molecule has 1 aliphatic heterocycles. The monoisotopic (exact) mass is 459 g/mol. The number of amides is 3. The second kappa shape index (κ2) is 9.09. The Morgan fingerprint density at radius 1 is 1.17 bits per heavy atom. The molecule has 0 radical (unpaired) electrons. The summed E-state index contributed by atoms with van der Waals surface area (Å²) in [6, 6.07) is 12.1. The number of hydrogen-bond donors (Lipinski definition) is 1. The lowest BCUT2D eigenvalue weighted by atomic mass is 10.1. The number of anilines is 2. The first-order valence-corrected chi connectivity index (χ1v) is 10.1. The molecular formula is C21H22BrN3O4. The first kappa shape index (κ1) is 20.9. The van der Waals surface area contributed by atoms with E-state index in [2.05, 4.69) is 21.2 Å². The van der Waals surface area contributed by atoms with Gasteiger partial charge in [-0.15, -0.1) is 0 Å². The molecule has 0 aliphatic carbocycles. The molecule has 0 aromatic heterocycles. The second-order valence-electron chi connectivity index (χ2n) is 6.48. The average molecular weight is 460 g/mol. The van der Waals surface area contributed by atoms with E-state index < -0.39 is 0 Å². The van der Waals surface area contributed by atoms with Gasteiger partial charge in [0, 0.05) is 28.8 Å². The molecule has 3 rings (SSSR count). The van der Waals surface area contributed by atoms with E-state index in [9.17, 15) is 14.4 Å². The molecule has 0 bridgehead atoms. The Labute approximate surface area is 177 Å². The fraction of sp³-hybridized carbons (Fsp3) is 0.286. The maximum atomic E-state index is 12.5. The summed E-state index contributed by atoms with van der Waals surface area (Å²) in [6.07, 6.45) is 0. The van der Waals surface area contributed by atoms with Crippen molar-refractivity contribution >= 4 is 45.0 Å². The lowest BCUT2D eigenvalue weighted by molar-refractivity contribution is -0.131. The van der Waals surface area contributed by atoms with Crippen molar-refractivity contribution in [1.82, 2.24) is 4.90 Å². The highest BCUT2D eigenvalue weighted by Gasteiger charge is 2.29. The summed E-state index contributed by atoms with van der Waals surface area (Å²) in [5.74, 6) is -0.217. The first-order chi connectivity index (χ1) is 13.9. The van der Waals surface area contributed by atoms with Crippen molar-refractivity contribution in [3.63, 3.8) is 0 Å². The summed E-state index contributed by atoms with van der Waals surface area (Å²) in [5, 5.41) is 2.82. The number of benzene rings is 2. The molecule has 1 heterocycles. The minimum Gasteiger partial charge on any atom is -0.482 e. The van der Waals surface area contributed by atoms with Gasteiger partial charge >= 0.3 is 0 Å². The maximum absolute atomic E-state index is 12.5. The van der Waals surface area contributed by atoms with Crippen molar-refractivity contribution in [2.24, 2.45) is 0 Å². The minimum atomic E-state index is -0.298. The van der Waals surface area contributed by atoms with Gasteiger partial charge in [0.15, 0.2) is 6.61 Å². The van der Waals surface area contributed by atoms with Crippen molar-refractivity contribution in [2.75, 3.05) is 36.5 Å². The van der Waals surface area contributed by atoms with E-state index in [4.69, 9.17) is 4.74 Å². The van der Waals surface area contributed by atoms with E-state index in [1.807, 2.05) is 19.9 Å². The Bertz CT molecular complexity index is 943. The zero-order chi connectivity index (χ0) is 21.0. The Morgan fingerprint density at radius 3 is 2.62 bits per heavy atom. The quantitative estimate of drug-likeness (QED) is 0.718. The predicted octanol–water partition coefficient (Wildman–Crippen LogP) is 3.30. The Hall–Kier alpha value is -2.87. The summed E-state index contributed by atoms with van der Waals surface area (Å²) >= 11 is 3.35. The second-order valence-corrected chi connectivity index (χ2v) is 7.40. The van der Waals surface area contributed by atoms with E-state index in [-0.39, 0.29) is 30.9 Å². The van der Waals surface area contributed by atoms with Crippen LogP contribution in [0.2, 0.25) is 0 Å². The highest BCUT2D eigenvalue weighted by Crippen LogP contribution is 2.34. The maximum Gasteiger partial charge on any atom is 0.265 e. The fourth-order valence-electron chi connectivity index (χ4n) is 3.10. The molecule has 152 valence electrons. The van der Waals surface area contributed by atoms with Crippen LogP contribution < -0.4 is 15.0 Å². The number of ether oxygens (including phenoxy) is 1. The van der Waals surface area contributed by atoms with Crippen molar-refractivity contribution in [1.29, 1.82) is 0 Å². The molecule has 7 nitrogen and oxygen atoms in total. The Balaban J connectivity index is 1.84. The third kappa shape index (κ3) is 4.76. The van der Waals surface area contributed by atoms with E-state index in [1.165, 1.54) is 4.90 Å². The van der Waals surface area contributed by atoms with Gasteiger partial charge in [-0.2, -0.15) is 0 Å². The van der Waals surface area contributed by atoms with Crippen molar-refractivity contribution in [3.8, 4) is 5.75 Å². The highest BCUT2D eigenvalue weighted by molar-refractivity contribution is 9.10. The van der Waals surface area contributed by atoms with E-state index in [0.29, 0.717) is 35.8 Å². The number of nitrogens with one attached hydrogen (secondary N) is 1. The highest BCUT2D eigenvalue weighted by atomic mass is 79.9. The van der Waals surface area contributed by atoms with Gasteiger partial charge in [0.2, 0.25) is 5.91 Å². The minimum absolute atomic E-state index is 0.0695. The van der Waals surface area contributed by atoms with Crippen LogP contribution in [-0.4, -0.2) is 48.9 Å². The summed E-state index contributed by atoms with van der Waals surface area (Å²) in [6.45, 7) is 4.74. The van der Waals surface area contributed by atoms with Gasteiger partial charge in [-0.05, 0) is 50.2 Å². The van der Waals surface area contributed by atoms with Gasteiger partial charge in [0.25, 0.3) is 11.8 Å². The van der Waals surface area contributed by atoms with E-state index in [1.54, 1.807) is 41.3 Å². The summed E-state index contributed by atoms with van der Waals surface area (Å²) in [5.41, 5.74) is 1.47. The number of carbonyl (C=O) groups excluding carboxylic acids is 3. The average Bonchev–Trinajstić information content (AvgIpc) is 2.71. The van der Waals surface area contributed by atoms with Crippen LogP contribution in [0.5, 0.6) is 5.75 Å². The molecule has 1 aliphatic rings. The largest absolute Gasteiger partial charge is 0.482 e. The van der Waals surface area contributed by atoms with Crippen molar-refractivity contribution < 1.29 is 19.1 Å². The number of carbonyl (C=O) groups is 3. The topological polar surface area (TPSA) is 79.0 Å². The Kier molecular flexibility index (Phi) is 6.53. The molecule has 3 amide bonds. The smallest absolute Gasteiger partial charge is 0.265 e. The predicted molar refractivity (Wildman–Crippen MR) is 114 cm³/mol. The summed E-state index contributed by atoms with van der Waals surface area (Å²) < 4.78 is 6.29. The molecule has 0 saturated carbocycles. The van der Waals surface area contributed by atoms with Gasteiger partial charge in [-0.1, -0.05) is 22.0 Å². The third-order valence-electron chi connectivity index (χ3n) is 4.66. The number of fused-ring (bicyclic) bond motifs is 1. The third-order valence-corrected chi connectivity index (χ3v) is 5.15. The van der Waals surface area contributed by atoms with Crippen LogP contribution >= 0.6 is 15.9 Å². The Morgan fingerprint density at radius 2 is 1.93 bits per heavy atom. The van der Waals surface area contributed by atoms with Crippen LogP contribution in [0.25, 0.3) is 0 Å². The standard InChI is InChI=1S/C21H22BrN3O4/c1-3-24(4-2)19(26)12-25-17-11-16(8-9-18(17)29-13-20(25)27)23-21(28)14-6-5-7-15(22)10-14/h5-11H,3-4,12-13H2,1-2H3,(H,23,28). The number of halogens is 1. The molecule has 0 atom stereocenters. The SMILES string of the molecule is CCN(CC)C(=O)CN1C(=O)COc2ccc(NC(=O)c3cccc(Br)c3)cc21. The van der Waals surface area contributed by atoms with Gasteiger partial charge in [-0.25, -0.2) is 0 Å². The zero-order valence-corrected chi connectivity index (χ0v) is 17.9. The van der Waals surface area contributed by atoms with Crippen LogP contribution in [0.1, 0.15) is 24.2 Å². The molecule has 0 saturated heterocycles. The molecule has 0 fully saturated rings. The molecule has 29 heavy (non-hydrogen) atoms. The molecular weight excluding hydrogens is 438 g/mol. The van der Waals surface area contributed by atoms with Crippen molar-refractivity contribution in [3.05, 3.63) is 52.5 Å². The van der Waals surface area contributed by atoms with Crippen LogP contribution in [0.15, 0.2) is 46.9 Å². The van der Waals surface area contributed by atoms with Crippen LogP contribution in [0, 0.1) is 0 Å². The van der Waals surface area contributed by atoms with E-state index in [0.717, 1.165) is 4.47 Å². The van der Waals surface area contributed by atoms with E-state index >= 15 is 0 Å². The normalized spacial score (nSPS) is 12.8. The number of likely N-dealkylation sites (N-methyl/N-ethyl adjacent to an activating group) is 1. The van der Waals surface area contributed by atoms with Crippen LogP contribution in [0.3, 0.4) is 0 Å². The summed E-state index contributed by atoms with van der Waals surface area (Å²) in [7, 11) is 0. The molecule has 2 aromatic carbocycles. The lowest BCUT2D eigenvalue weighted by Gasteiger charge is -2.31. The van der Waals surface area contributed by atoms with Crippen LogP contribution in [0.4, 0.5) is 11.4 Å². The molecule has 8 heteroatoms. The zero-order valence-electron chi connectivity index (χ0n) is 16.3. The molecule has 0 unspecified atom stereocenters. The molecule has 0 spiro atoms. The van der Waals surface area contributed by atoms with Gasteiger partial charge in [0.1, 0.15) is 12.3 Å². The fourth-order valence-corrected chi connectivity index (χ4v) is 3.50. The lowest BCUT2D eigenvalue weighted by Crippen LogP contribution is -2.46. The number of hydrogen-bond acceptors (Lipinski definition) is 4. The molecule has 2 aromatic rings.